The van der Waals surface area contributed by atoms with E-state index < -0.39 is 0 Å². The molecule has 3 nitrogen and oxygen atoms in total. The zero-order valence-corrected chi connectivity index (χ0v) is 9.37. The molecule has 1 aromatic rings. The molecule has 1 amide bonds. The van der Waals surface area contributed by atoms with Gasteiger partial charge in [-0.2, -0.15) is 0 Å². The van der Waals surface area contributed by atoms with E-state index in [1.54, 1.807) is 17.3 Å². The zero-order chi connectivity index (χ0) is 10.8. The maximum atomic E-state index is 12.0. The minimum atomic E-state index is 0.0364. The lowest BCUT2D eigenvalue weighted by molar-refractivity contribution is 0.0792. The van der Waals surface area contributed by atoms with Crippen LogP contribution in [0.5, 0.6) is 0 Å². The second-order valence-electron chi connectivity index (χ2n) is 3.89. The molecule has 1 aliphatic heterocycles. The zero-order valence-electron chi connectivity index (χ0n) is 8.61. The van der Waals surface area contributed by atoms with Gasteiger partial charge in [-0.05, 0) is 25.0 Å². The number of alkyl halides is 1. The molecule has 0 bridgehead atoms. The van der Waals surface area contributed by atoms with E-state index in [1.165, 1.54) is 0 Å². The number of aromatic nitrogens is 1. The Morgan fingerprint density at radius 3 is 3.00 bits per heavy atom. The Bertz CT molecular complexity index is 381. The molecule has 15 heavy (non-hydrogen) atoms. The van der Waals surface area contributed by atoms with Crippen LogP contribution in [0.4, 0.5) is 0 Å². The molecule has 1 aromatic heterocycles. The first-order valence-corrected chi connectivity index (χ1v) is 5.45. The van der Waals surface area contributed by atoms with Gasteiger partial charge in [0, 0.05) is 25.5 Å². The normalized spacial score (nSPS) is 20.7. The molecule has 1 atom stereocenters. The van der Waals surface area contributed by atoms with Gasteiger partial charge >= 0.3 is 0 Å². The number of aryl methyl sites for hydroxylation is 1. The van der Waals surface area contributed by atoms with Crippen LogP contribution in [0.25, 0.3) is 0 Å². The first-order valence-electron chi connectivity index (χ1n) is 5.02. The van der Waals surface area contributed by atoms with E-state index in [1.807, 2.05) is 13.0 Å². The molecule has 1 saturated heterocycles. The van der Waals surface area contributed by atoms with Gasteiger partial charge in [-0.1, -0.05) is 0 Å². The van der Waals surface area contributed by atoms with Crippen LogP contribution in [0, 0.1) is 6.92 Å². The number of rotatable bonds is 1. The Kier molecular flexibility index (Phi) is 2.91. The number of hydrogen-bond donors (Lipinski definition) is 0. The molecule has 0 saturated carbocycles. The third kappa shape index (κ3) is 2.29. The summed E-state index contributed by atoms with van der Waals surface area (Å²) in [7, 11) is 0. The van der Waals surface area contributed by atoms with Crippen molar-refractivity contribution in [1.29, 1.82) is 0 Å². The fourth-order valence-corrected chi connectivity index (χ4v) is 2.02. The maximum absolute atomic E-state index is 12.0. The Morgan fingerprint density at radius 2 is 2.40 bits per heavy atom. The number of carbonyl (C=O) groups is 1. The fourth-order valence-electron chi connectivity index (χ4n) is 1.76. The van der Waals surface area contributed by atoms with Crippen LogP contribution in [0.1, 0.15) is 22.3 Å². The van der Waals surface area contributed by atoms with Crippen molar-refractivity contribution in [1.82, 2.24) is 9.88 Å². The highest BCUT2D eigenvalue weighted by Crippen LogP contribution is 2.17. The van der Waals surface area contributed by atoms with E-state index in [4.69, 9.17) is 11.6 Å². The second-order valence-corrected chi connectivity index (χ2v) is 4.51. The van der Waals surface area contributed by atoms with Gasteiger partial charge in [0.2, 0.25) is 0 Å². The Labute approximate surface area is 94.1 Å². The molecule has 4 heteroatoms. The van der Waals surface area contributed by atoms with Crippen LogP contribution in [0.3, 0.4) is 0 Å². The monoisotopic (exact) mass is 224 g/mol. The van der Waals surface area contributed by atoms with Gasteiger partial charge in [0.05, 0.1) is 10.9 Å². The minimum absolute atomic E-state index is 0.0364. The van der Waals surface area contributed by atoms with Gasteiger partial charge in [0.15, 0.2) is 0 Å². The molecule has 0 spiro atoms. The Balaban J connectivity index is 2.14. The van der Waals surface area contributed by atoms with Crippen molar-refractivity contribution in [3.05, 3.63) is 29.6 Å². The summed E-state index contributed by atoms with van der Waals surface area (Å²) in [4.78, 5) is 17.8. The number of nitrogens with zero attached hydrogens (tertiary/aromatic N) is 2. The van der Waals surface area contributed by atoms with E-state index in [-0.39, 0.29) is 11.3 Å². The molecule has 2 heterocycles. The van der Waals surface area contributed by atoms with Gasteiger partial charge < -0.3 is 4.90 Å². The van der Waals surface area contributed by atoms with Crippen LogP contribution in [0.2, 0.25) is 0 Å². The smallest absolute Gasteiger partial charge is 0.255 e. The average Bonchev–Trinajstić information content (AvgIpc) is 2.64. The van der Waals surface area contributed by atoms with Crippen LogP contribution < -0.4 is 0 Å². The highest BCUT2D eigenvalue weighted by molar-refractivity contribution is 6.21. The van der Waals surface area contributed by atoms with Gasteiger partial charge in [-0.3, -0.25) is 9.78 Å². The third-order valence-corrected chi connectivity index (χ3v) is 2.90. The largest absolute Gasteiger partial charge is 0.337 e. The molecule has 0 aromatic carbocycles. The molecule has 1 aliphatic rings. The standard InChI is InChI=1S/C11H13ClN2O/c1-8-4-9(6-13-5-8)11(15)14-3-2-10(12)7-14/h4-6,10H,2-3,7H2,1H3. The summed E-state index contributed by atoms with van der Waals surface area (Å²) < 4.78 is 0. The molecule has 0 radical (unpaired) electrons. The lowest BCUT2D eigenvalue weighted by atomic mass is 10.2. The number of carbonyl (C=O) groups excluding carboxylic acids is 1. The predicted molar refractivity (Wildman–Crippen MR) is 59.1 cm³/mol. The topological polar surface area (TPSA) is 33.2 Å². The number of likely N-dealkylation sites (tertiary alicyclic amines) is 1. The van der Waals surface area contributed by atoms with Crippen molar-refractivity contribution >= 4 is 17.5 Å². The highest BCUT2D eigenvalue weighted by atomic mass is 35.5. The van der Waals surface area contributed by atoms with Crippen molar-refractivity contribution in [3.8, 4) is 0 Å². The van der Waals surface area contributed by atoms with E-state index in [0.717, 1.165) is 18.5 Å². The van der Waals surface area contributed by atoms with E-state index >= 15 is 0 Å². The summed E-state index contributed by atoms with van der Waals surface area (Å²) in [5, 5.41) is 0.103. The summed E-state index contributed by atoms with van der Waals surface area (Å²) in [5.74, 6) is 0.0364. The number of amides is 1. The summed E-state index contributed by atoms with van der Waals surface area (Å²) in [6.07, 6.45) is 4.23. The predicted octanol–water partition coefficient (Wildman–Crippen LogP) is 1.84. The lowest BCUT2D eigenvalue weighted by Crippen LogP contribution is -2.28. The van der Waals surface area contributed by atoms with Crippen molar-refractivity contribution in [2.45, 2.75) is 18.7 Å². The van der Waals surface area contributed by atoms with Crippen LogP contribution in [0.15, 0.2) is 18.5 Å². The van der Waals surface area contributed by atoms with E-state index in [0.29, 0.717) is 12.1 Å². The minimum Gasteiger partial charge on any atom is -0.337 e. The van der Waals surface area contributed by atoms with Crippen LogP contribution in [-0.2, 0) is 0 Å². The molecule has 0 aliphatic carbocycles. The SMILES string of the molecule is Cc1cncc(C(=O)N2CCC(Cl)C2)c1. The molecule has 1 unspecified atom stereocenters. The molecule has 0 N–H and O–H groups in total. The van der Waals surface area contributed by atoms with Gasteiger partial charge in [-0.15, -0.1) is 11.6 Å². The van der Waals surface area contributed by atoms with Crippen LogP contribution >= 0.6 is 11.6 Å². The lowest BCUT2D eigenvalue weighted by Gasteiger charge is -2.15. The Hall–Kier alpha value is -1.09. The molecule has 2 rings (SSSR count). The number of hydrogen-bond acceptors (Lipinski definition) is 2. The van der Waals surface area contributed by atoms with Gasteiger partial charge in [-0.25, -0.2) is 0 Å². The molecular formula is C11H13ClN2O. The summed E-state index contributed by atoms with van der Waals surface area (Å²) >= 11 is 5.96. The second kappa shape index (κ2) is 4.19. The van der Waals surface area contributed by atoms with Crippen molar-refractivity contribution in [3.63, 3.8) is 0 Å². The summed E-state index contributed by atoms with van der Waals surface area (Å²) in [5.41, 5.74) is 1.66. The molecule has 80 valence electrons. The maximum Gasteiger partial charge on any atom is 0.255 e. The van der Waals surface area contributed by atoms with Crippen molar-refractivity contribution in [2.24, 2.45) is 0 Å². The third-order valence-electron chi connectivity index (χ3n) is 2.54. The Morgan fingerprint density at radius 1 is 1.60 bits per heavy atom. The molecular weight excluding hydrogens is 212 g/mol. The van der Waals surface area contributed by atoms with Gasteiger partial charge in [0.1, 0.15) is 0 Å². The first-order chi connectivity index (χ1) is 7.16. The fraction of sp³-hybridized carbons (Fsp3) is 0.455. The summed E-state index contributed by atoms with van der Waals surface area (Å²) in [6.45, 7) is 3.33. The van der Waals surface area contributed by atoms with Crippen molar-refractivity contribution in [2.75, 3.05) is 13.1 Å². The quantitative estimate of drug-likeness (QED) is 0.682. The van der Waals surface area contributed by atoms with E-state index in [2.05, 4.69) is 4.98 Å². The average molecular weight is 225 g/mol. The van der Waals surface area contributed by atoms with Crippen molar-refractivity contribution < 1.29 is 4.79 Å². The number of pyridine rings is 1. The highest BCUT2D eigenvalue weighted by Gasteiger charge is 2.25. The number of halogens is 1. The van der Waals surface area contributed by atoms with E-state index in [9.17, 15) is 4.79 Å². The van der Waals surface area contributed by atoms with Gasteiger partial charge in [0.25, 0.3) is 5.91 Å². The first kappa shape index (κ1) is 10.4. The van der Waals surface area contributed by atoms with Crippen LogP contribution in [-0.4, -0.2) is 34.3 Å². The summed E-state index contributed by atoms with van der Waals surface area (Å²) in [6, 6.07) is 1.86. The molecule has 1 fully saturated rings.